The number of para-hydroxylation sites is 1. The average molecular weight is 243 g/mol. The lowest BCUT2D eigenvalue weighted by Crippen LogP contribution is -2.30. The zero-order valence-electron chi connectivity index (χ0n) is 10.5. The molecule has 1 amide bonds. The van der Waals surface area contributed by atoms with Crippen LogP contribution in [-0.2, 0) is 4.79 Å². The first-order chi connectivity index (χ1) is 8.72. The van der Waals surface area contributed by atoms with Crippen LogP contribution in [0.25, 0.3) is 0 Å². The van der Waals surface area contributed by atoms with Gasteiger partial charge < -0.3 is 10.2 Å². The van der Waals surface area contributed by atoms with Crippen molar-refractivity contribution in [2.75, 3.05) is 18.5 Å². The Morgan fingerprint density at radius 2 is 2.22 bits per heavy atom. The van der Waals surface area contributed by atoms with Crippen molar-refractivity contribution in [2.45, 2.75) is 25.3 Å². The third kappa shape index (κ3) is 3.08. The van der Waals surface area contributed by atoms with Gasteiger partial charge >= 0.3 is 0 Å². The van der Waals surface area contributed by atoms with Gasteiger partial charge in [-0.05, 0) is 25.0 Å². The third-order valence-corrected chi connectivity index (χ3v) is 3.11. The van der Waals surface area contributed by atoms with E-state index in [0.29, 0.717) is 30.3 Å². The largest absolute Gasteiger partial charge is 0.314 e. The molecule has 4 nitrogen and oxygen atoms in total. The van der Waals surface area contributed by atoms with Crippen molar-refractivity contribution in [1.29, 1.82) is 5.26 Å². The summed E-state index contributed by atoms with van der Waals surface area (Å²) in [7, 11) is 1.72. The molecule has 1 N–H and O–H groups in total. The summed E-state index contributed by atoms with van der Waals surface area (Å²) in [5.74, 6) is 0.0332. The maximum atomic E-state index is 12.0. The minimum atomic E-state index is 0.0332. The summed E-state index contributed by atoms with van der Waals surface area (Å²) in [6, 6.07) is 9.88. The van der Waals surface area contributed by atoms with E-state index in [-0.39, 0.29) is 5.91 Å². The maximum Gasteiger partial charge on any atom is 0.228 e. The Morgan fingerprint density at radius 3 is 2.89 bits per heavy atom. The normalized spacial score (nSPS) is 14.0. The number of amides is 1. The molecule has 0 spiro atoms. The van der Waals surface area contributed by atoms with Crippen molar-refractivity contribution in [3.8, 4) is 6.07 Å². The maximum absolute atomic E-state index is 12.0. The van der Waals surface area contributed by atoms with E-state index in [4.69, 9.17) is 5.26 Å². The average Bonchev–Trinajstić information content (AvgIpc) is 3.21. The fourth-order valence-electron chi connectivity index (χ4n) is 1.83. The topological polar surface area (TPSA) is 56.1 Å². The van der Waals surface area contributed by atoms with Crippen LogP contribution in [0, 0.1) is 11.3 Å². The quantitative estimate of drug-likeness (QED) is 0.855. The summed E-state index contributed by atoms with van der Waals surface area (Å²) >= 11 is 0. The van der Waals surface area contributed by atoms with Crippen LogP contribution < -0.4 is 10.2 Å². The number of hydrogen-bond acceptors (Lipinski definition) is 3. The summed E-state index contributed by atoms with van der Waals surface area (Å²) < 4.78 is 0. The number of carbonyl (C=O) groups is 1. The van der Waals surface area contributed by atoms with Crippen LogP contribution in [0.15, 0.2) is 24.3 Å². The molecule has 1 fully saturated rings. The summed E-state index contributed by atoms with van der Waals surface area (Å²) in [6.07, 6.45) is 2.91. The predicted octanol–water partition coefficient (Wildman–Crippen LogP) is 1.66. The van der Waals surface area contributed by atoms with Crippen LogP contribution in [0.2, 0.25) is 0 Å². The first-order valence-corrected chi connectivity index (χ1v) is 6.21. The van der Waals surface area contributed by atoms with Crippen molar-refractivity contribution in [3.63, 3.8) is 0 Å². The SMILES string of the molecule is CN(C(=O)CCNC1CC1)c1ccccc1C#N. The summed E-state index contributed by atoms with van der Waals surface area (Å²) in [5, 5.41) is 12.3. The highest BCUT2D eigenvalue weighted by atomic mass is 16.2. The van der Waals surface area contributed by atoms with Gasteiger partial charge in [-0.15, -0.1) is 0 Å². The van der Waals surface area contributed by atoms with Gasteiger partial charge in [0.2, 0.25) is 5.91 Å². The van der Waals surface area contributed by atoms with E-state index in [1.165, 1.54) is 12.8 Å². The molecule has 1 saturated carbocycles. The van der Waals surface area contributed by atoms with Crippen molar-refractivity contribution in [1.82, 2.24) is 5.32 Å². The summed E-state index contributed by atoms with van der Waals surface area (Å²) in [5.41, 5.74) is 1.21. The van der Waals surface area contributed by atoms with E-state index in [1.54, 1.807) is 30.1 Å². The lowest BCUT2D eigenvalue weighted by molar-refractivity contribution is -0.118. The smallest absolute Gasteiger partial charge is 0.228 e. The third-order valence-electron chi connectivity index (χ3n) is 3.11. The number of nitrogens with zero attached hydrogens (tertiary/aromatic N) is 2. The fourth-order valence-corrected chi connectivity index (χ4v) is 1.83. The Balaban J connectivity index is 1.94. The van der Waals surface area contributed by atoms with Crippen molar-refractivity contribution in [3.05, 3.63) is 29.8 Å². The first-order valence-electron chi connectivity index (χ1n) is 6.21. The van der Waals surface area contributed by atoms with Gasteiger partial charge in [0.15, 0.2) is 0 Å². The second-order valence-electron chi connectivity index (χ2n) is 4.56. The summed E-state index contributed by atoms with van der Waals surface area (Å²) in [6.45, 7) is 0.711. The van der Waals surface area contributed by atoms with Crippen LogP contribution in [-0.4, -0.2) is 25.5 Å². The minimum Gasteiger partial charge on any atom is -0.314 e. The monoisotopic (exact) mass is 243 g/mol. The molecule has 0 radical (unpaired) electrons. The van der Waals surface area contributed by atoms with Crippen LogP contribution >= 0.6 is 0 Å². The van der Waals surface area contributed by atoms with E-state index < -0.39 is 0 Å². The lowest BCUT2D eigenvalue weighted by atomic mass is 10.1. The zero-order chi connectivity index (χ0) is 13.0. The molecular formula is C14H17N3O. The molecule has 1 aliphatic carbocycles. The van der Waals surface area contributed by atoms with Gasteiger partial charge in [0.1, 0.15) is 6.07 Å². The van der Waals surface area contributed by atoms with Gasteiger partial charge in [-0.3, -0.25) is 4.79 Å². The number of rotatable bonds is 5. The highest BCUT2D eigenvalue weighted by Crippen LogP contribution is 2.20. The van der Waals surface area contributed by atoms with Crippen LogP contribution in [0.5, 0.6) is 0 Å². The van der Waals surface area contributed by atoms with Gasteiger partial charge in [0, 0.05) is 26.1 Å². The molecule has 0 heterocycles. The fraction of sp³-hybridized carbons (Fsp3) is 0.429. The van der Waals surface area contributed by atoms with E-state index in [0.717, 1.165) is 0 Å². The van der Waals surface area contributed by atoms with Gasteiger partial charge in [0.05, 0.1) is 11.3 Å². The van der Waals surface area contributed by atoms with Crippen LogP contribution in [0.4, 0.5) is 5.69 Å². The van der Waals surface area contributed by atoms with Crippen molar-refractivity contribution in [2.24, 2.45) is 0 Å². The molecule has 0 atom stereocenters. The molecule has 0 aromatic heterocycles. The van der Waals surface area contributed by atoms with Gasteiger partial charge in [-0.25, -0.2) is 0 Å². The number of carbonyl (C=O) groups excluding carboxylic acids is 1. The predicted molar refractivity (Wildman–Crippen MR) is 70.2 cm³/mol. The standard InChI is InChI=1S/C14H17N3O/c1-17(13-5-3-2-4-11(13)10-15)14(18)8-9-16-12-6-7-12/h2-5,12,16H,6-9H2,1H3. The summed E-state index contributed by atoms with van der Waals surface area (Å²) in [4.78, 5) is 13.6. The molecular weight excluding hydrogens is 226 g/mol. The molecule has 2 rings (SSSR count). The molecule has 94 valence electrons. The van der Waals surface area contributed by atoms with Gasteiger partial charge in [0.25, 0.3) is 0 Å². The van der Waals surface area contributed by atoms with Gasteiger partial charge in [-0.1, -0.05) is 12.1 Å². The Labute approximate surface area is 107 Å². The molecule has 0 aliphatic heterocycles. The Bertz CT molecular complexity index is 474. The highest BCUT2D eigenvalue weighted by molar-refractivity contribution is 5.94. The Morgan fingerprint density at radius 1 is 1.50 bits per heavy atom. The van der Waals surface area contributed by atoms with E-state index >= 15 is 0 Å². The first kappa shape index (κ1) is 12.6. The highest BCUT2D eigenvalue weighted by Gasteiger charge is 2.21. The molecule has 0 bridgehead atoms. The van der Waals surface area contributed by atoms with E-state index in [1.807, 2.05) is 6.07 Å². The molecule has 1 aromatic rings. The van der Waals surface area contributed by atoms with Crippen molar-refractivity contribution < 1.29 is 4.79 Å². The number of hydrogen-bond donors (Lipinski definition) is 1. The number of nitriles is 1. The number of nitrogens with one attached hydrogen (secondary N) is 1. The zero-order valence-corrected chi connectivity index (χ0v) is 10.5. The number of anilines is 1. The second-order valence-corrected chi connectivity index (χ2v) is 4.56. The molecule has 0 unspecified atom stereocenters. The number of benzene rings is 1. The van der Waals surface area contributed by atoms with Crippen LogP contribution in [0.3, 0.4) is 0 Å². The van der Waals surface area contributed by atoms with Crippen molar-refractivity contribution >= 4 is 11.6 Å². The molecule has 1 aliphatic rings. The minimum absolute atomic E-state index is 0.0332. The van der Waals surface area contributed by atoms with Crippen LogP contribution in [0.1, 0.15) is 24.8 Å². The second kappa shape index (κ2) is 5.65. The van der Waals surface area contributed by atoms with Gasteiger partial charge in [-0.2, -0.15) is 5.26 Å². The molecule has 1 aromatic carbocycles. The molecule has 0 saturated heterocycles. The van der Waals surface area contributed by atoms with E-state index in [9.17, 15) is 4.79 Å². The Hall–Kier alpha value is -1.86. The Kier molecular flexibility index (Phi) is 3.96. The molecule has 4 heteroatoms. The van der Waals surface area contributed by atoms with E-state index in [2.05, 4.69) is 11.4 Å². The molecule has 18 heavy (non-hydrogen) atoms. The lowest BCUT2D eigenvalue weighted by Gasteiger charge is -2.18.